The van der Waals surface area contributed by atoms with E-state index in [0.717, 1.165) is 5.56 Å². The van der Waals surface area contributed by atoms with Gasteiger partial charge in [0.1, 0.15) is 6.54 Å². The Labute approximate surface area is 169 Å². The topological polar surface area (TPSA) is 78.3 Å². The van der Waals surface area contributed by atoms with E-state index < -0.39 is 12.1 Å². The van der Waals surface area contributed by atoms with Gasteiger partial charge in [0.25, 0.3) is 5.56 Å². The van der Waals surface area contributed by atoms with E-state index in [1.807, 2.05) is 12.1 Å². The molecule has 29 heavy (non-hydrogen) atoms. The third-order valence-corrected chi connectivity index (χ3v) is 4.74. The van der Waals surface area contributed by atoms with Gasteiger partial charge in [0.15, 0.2) is 6.10 Å². The van der Waals surface area contributed by atoms with Gasteiger partial charge in [-0.3, -0.25) is 19.0 Å². The number of rotatable bonds is 5. The van der Waals surface area contributed by atoms with Crippen molar-refractivity contribution in [2.24, 2.45) is 0 Å². The van der Waals surface area contributed by atoms with Crippen molar-refractivity contribution in [2.75, 3.05) is 0 Å². The predicted octanol–water partition coefficient (Wildman–Crippen LogP) is 3.51. The summed E-state index contributed by atoms with van der Waals surface area (Å²) in [4.78, 5) is 41.5. The number of ketones is 1. The fraction of sp³-hybridized carbons (Fsp3) is 0.304. The molecule has 0 radical (unpaired) electrons. The molecule has 6 nitrogen and oxygen atoms in total. The Bertz CT molecular complexity index is 1110. The Balaban J connectivity index is 1.68. The third kappa shape index (κ3) is 4.59. The maximum Gasteiger partial charge on any atom is 0.326 e. The molecule has 0 aliphatic carbocycles. The zero-order valence-electron chi connectivity index (χ0n) is 17.0. The number of aromatic nitrogens is 2. The average Bonchev–Trinajstić information content (AvgIpc) is 2.69. The van der Waals surface area contributed by atoms with Crippen LogP contribution in [0.25, 0.3) is 10.9 Å². The van der Waals surface area contributed by atoms with Crippen molar-refractivity contribution >= 4 is 22.7 Å². The molecule has 0 aliphatic heterocycles. The van der Waals surface area contributed by atoms with Gasteiger partial charge in [-0.05, 0) is 30.0 Å². The van der Waals surface area contributed by atoms with Gasteiger partial charge in [0.2, 0.25) is 5.78 Å². The first kappa shape index (κ1) is 20.5. The number of ether oxygens (including phenoxy) is 1. The zero-order valence-corrected chi connectivity index (χ0v) is 17.0. The fourth-order valence-electron chi connectivity index (χ4n) is 3.01. The van der Waals surface area contributed by atoms with Gasteiger partial charge >= 0.3 is 5.97 Å². The molecular weight excluding hydrogens is 368 g/mol. The lowest BCUT2D eigenvalue weighted by atomic mass is 9.86. The second-order valence-corrected chi connectivity index (χ2v) is 8.02. The van der Waals surface area contributed by atoms with E-state index in [1.165, 1.54) is 17.8 Å². The van der Waals surface area contributed by atoms with Crippen molar-refractivity contribution in [1.82, 2.24) is 9.55 Å². The van der Waals surface area contributed by atoms with Crippen molar-refractivity contribution in [3.05, 3.63) is 76.3 Å². The van der Waals surface area contributed by atoms with Gasteiger partial charge in [-0.25, -0.2) is 4.98 Å². The average molecular weight is 392 g/mol. The van der Waals surface area contributed by atoms with E-state index in [9.17, 15) is 14.4 Å². The lowest BCUT2D eigenvalue weighted by molar-refractivity contribution is -0.147. The second-order valence-electron chi connectivity index (χ2n) is 8.02. The summed E-state index contributed by atoms with van der Waals surface area (Å²) in [6.07, 6.45) is 0.357. The van der Waals surface area contributed by atoms with Crippen LogP contribution in [-0.2, 0) is 21.5 Å². The van der Waals surface area contributed by atoms with Crippen LogP contribution in [-0.4, -0.2) is 27.4 Å². The van der Waals surface area contributed by atoms with Gasteiger partial charge < -0.3 is 4.74 Å². The summed E-state index contributed by atoms with van der Waals surface area (Å²) in [5.41, 5.74) is 1.80. The number of hydrogen-bond acceptors (Lipinski definition) is 5. The molecule has 0 saturated carbocycles. The van der Waals surface area contributed by atoms with Crippen molar-refractivity contribution in [2.45, 2.75) is 45.8 Å². The molecule has 6 heteroatoms. The van der Waals surface area contributed by atoms with Crippen molar-refractivity contribution in [3.8, 4) is 0 Å². The van der Waals surface area contributed by atoms with Crippen LogP contribution in [0.1, 0.15) is 43.6 Å². The molecule has 1 atom stereocenters. The molecule has 1 unspecified atom stereocenters. The van der Waals surface area contributed by atoms with Crippen LogP contribution in [0.4, 0.5) is 0 Å². The van der Waals surface area contributed by atoms with E-state index in [4.69, 9.17) is 4.74 Å². The van der Waals surface area contributed by atoms with Crippen molar-refractivity contribution in [3.63, 3.8) is 0 Å². The summed E-state index contributed by atoms with van der Waals surface area (Å²) in [5.74, 6) is -0.959. The number of esters is 1. The first-order chi connectivity index (χ1) is 13.7. The summed E-state index contributed by atoms with van der Waals surface area (Å²) in [6, 6.07) is 14.2. The molecule has 0 spiro atoms. The van der Waals surface area contributed by atoms with Crippen LogP contribution < -0.4 is 5.56 Å². The van der Waals surface area contributed by atoms with Gasteiger partial charge in [0.05, 0.1) is 17.2 Å². The van der Waals surface area contributed by atoms with E-state index in [1.54, 1.807) is 36.4 Å². The van der Waals surface area contributed by atoms with Crippen LogP contribution in [0.5, 0.6) is 0 Å². The highest BCUT2D eigenvalue weighted by Crippen LogP contribution is 2.22. The number of benzene rings is 2. The molecule has 0 fully saturated rings. The first-order valence-electron chi connectivity index (χ1n) is 9.45. The number of fused-ring (bicyclic) bond motifs is 1. The van der Waals surface area contributed by atoms with Crippen molar-refractivity contribution < 1.29 is 14.3 Å². The van der Waals surface area contributed by atoms with Crippen LogP contribution in [0.2, 0.25) is 0 Å². The van der Waals surface area contributed by atoms with Crippen molar-refractivity contribution in [1.29, 1.82) is 0 Å². The number of nitrogens with zero attached hydrogens (tertiary/aromatic N) is 2. The molecule has 150 valence electrons. The Hall–Kier alpha value is -3.28. The molecule has 2 aromatic carbocycles. The predicted molar refractivity (Wildman–Crippen MR) is 111 cm³/mol. The molecule has 1 heterocycles. The quantitative estimate of drug-likeness (QED) is 0.490. The summed E-state index contributed by atoms with van der Waals surface area (Å²) in [5, 5.41) is 0.422. The van der Waals surface area contributed by atoms with E-state index >= 15 is 0 Å². The van der Waals surface area contributed by atoms with Crippen LogP contribution in [0.15, 0.2) is 59.7 Å². The smallest absolute Gasteiger partial charge is 0.326 e. The highest BCUT2D eigenvalue weighted by molar-refractivity contribution is 6.00. The van der Waals surface area contributed by atoms with Crippen LogP contribution in [0.3, 0.4) is 0 Å². The molecule has 0 N–H and O–H groups in total. The van der Waals surface area contributed by atoms with Crippen LogP contribution >= 0.6 is 0 Å². The van der Waals surface area contributed by atoms with Gasteiger partial charge in [-0.15, -0.1) is 0 Å². The zero-order chi connectivity index (χ0) is 21.2. The van der Waals surface area contributed by atoms with E-state index in [0.29, 0.717) is 16.5 Å². The van der Waals surface area contributed by atoms with Gasteiger partial charge in [-0.1, -0.05) is 57.2 Å². The van der Waals surface area contributed by atoms with E-state index in [-0.39, 0.29) is 23.3 Å². The minimum Gasteiger partial charge on any atom is -0.453 e. The monoisotopic (exact) mass is 392 g/mol. The van der Waals surface area contributed by atoms with Crippen LogP contribution in [0, 0.1) is 0 Å². The maximum atomic E-state index is 12.6. The second kappa shape index (κ2) is 7.99. The minimum absolute atomic E-state index is 0.0131. The lowest BCUT2D eigenvalue weighted by Crippen LogP contribution is -2.30. The Morgan fingerprint density at radius 1 is 1.07 bits per heavy atom. The molecule has 1 aromatic heterocycles. The standard InChI is InChI=1S/C23H24N2O4/c1-15(21(27)16-9-11-17(12-10-16)23(2,3)4)29-20(26)13-25-14-24-19-8-6-5-7-18(19)22(25)28/h5-12,14-15H,13H2,1-4H3. The number of carbonyl (C=O) groups excluding carboxylic acids is 2. The first-order valence-corrected chi connectivity index (χ1v) is 9.45. The largest absolute Gasteiger partial charge is 0.453 e. The summed E-state index contributed by atoms with van der Waals surface area (Å²) < 4.78 is 6.44. The molecule has 3 aromatic rings. The lowest BCUT2D eigenvalue weighted by Gasteiger charge is -2.19. The molecular formula is C23H24N2O4. The van der Waals surface area contributed by atoms with Gasteiger partial charge in [-0.2, -0.15) is 0 Å². The number of para-hydroxylation sites is 1. The maximum absolute atomic E-state index is 12.6. The SMILES string of the molecule is CC(OC(=O)Cn1cnc2ccccc2c1=O)C(=O)c1ccc(C(C)(C)C)cc1. The van der Waals surface area contributed by atoms with E-state index in [2.05, 4.69) is 25.8 Å². The normalized spacial score (nSPS) is 12.6. The Morgan fingerprint density at radius 3 is 2.38 bits per heavy atom. The summed E-state index contributed by atoms with van der Waals surface area (Å²) >= 11 is 0. The summed E-state index contributed by atoms with van der Waals surface area (Å²) in [6.45, 7) is 7.50. The highest BCUT2D eigenvalue weighted by Gasteiger charge is 2.21. The number of Topliss-reactive ketones (excluding diaryl/α,β-unsaturated/α-hetero) is 1. The molecule has 0 amide bonds. The molecule has 3 rings (SSSR count). The number of hydrogen-bond donors (Lipinski definition) is 0. The Kier molecular flexibility index (Phi) is 5.64. The third-order valence-electron chi connectivity index (χ3n) is 4.74. The molecule has 0 aliphatic rings. The number of carbonyl (C=O) groups is 2. The van der Waals surface area contributed by atoms with Gasteiger partial charge in [0, 0.05) is 5.56 Å². The summed E-state index contributed by atoms with van der Waals surface area (Å²) in [7, 11) is 0. The fourth-order valence-corrected chi connectivity index (χ4v) is 3.01. The Morgan fingerprint density at radius 2 is 1.72 bits per heavy atom. The molecule has 0 saturated heterocycles. The molecule has 0 bridgehead atoms. The minimum atomic E-state index is -0.952. The highest BCUT2D eigenvalue weighted by atomic mass is 16.5.